The van der Waals surface area contributed by atoms with E-state index in [4.69, 9.17) is 4.74 Å². The number of rotatable bonds is 7. The molecule has 0 amide bonds. The molecule has 1 aliphatic carbocycles. The molecule has 0 radical (unpaired) electrons. The lowest BCUT2D eigenvalue weighted by molar-refractivity contribution is 0.152. The van der Waals surface area contributed by atoms with Gasteiger partial charge in [0.2, 0.25) is 0 Å². The fraction of sp³-hybridized carbons (Fsp3) is 0.667. The summed E-state index contributed by atoms with van der Waals surface area (Å²) in [5.74, 6) is 1.06. The van der Waals surface area contributed by atoms with Crippen LogP contribution in [0.3, 0.4) is 0 Å². The van der Waals surface area contributed by atoms with Crippen molar-refractivity contribution in [1.82, 2.24) is 10.2 Å². The monoisotopic (exact) mass is 288 g/mol. The highest BCUT2D eigenvalue weighted by Gasteiger charge is 2.21. The molecule has 21 heavy (non-hydrogen) atoms. The Balaban J connectivity index is 1.47. The van der Waals surface area contributed by atoms with Gasteiger partial charge in [-0.3, -0.25) is 0 Å². The number of ether oxygens (including phenoxy) is 1. The van der Waals surface area contributed by atoms with Crippen LogP contribution in [-0.2, 0) is 6.54 Å². The molecule has 3 nitrogen and oxygen atoms in total. The number of para-hydroxylation sites is 1. The van der Waals surface area contributed by atoms with Crippen molar-refractivity contribution in [2.24, 2.45) is 0 Å². The molecule has 1 heterocycles. The third-order valence-corrected chi connectivity index (χ3v) is 4.76. The first kappa shape index (κ1) is 14.9. The molecule has 1 N–H and O–H groups in total. The van der Waals surface area contributed by atoms with Crippen molar-refractivity contribution >= 4 is 0 Å². The normalized spacial score (nSPS) is 23.2. The van der Waals surface area contributed by atoms with E-state index in [1.54, 1.807) is 0 Å². The average molecular weight is 288 g/mol. The van der Waals surface area contributed by atoms with Gasteiger partial charge in [0.05, 0.1) is 6.61 Å². The highest BCUT2D eigenvalue weighted by atomic mass is 16.5. The second-order valence-electron chi connectivity index (χ2n) is 6.53. The van der Waals surface area contributed by atoms with Crippen LogP contribution >= 0.6 is 0 Å². The van der Waals surface area contributed by atoms with Gasteiger partial charge in [0, 0.05) is 24.2 Å². The first-order valence-electron chi connectivity index (χ1n) is 8.47. The van der Waals surface area contributed by atoms with Crippen molar-refractivity contribution < 1.29 is 4.74 Å². The zero-order valence-corrected chi connectivity index (χ0v) is 13.2. The van der Waals surface area contributed by atoms with Crippen molar-refractivity contribution in [2.75, 3.05) is 20.2 Å². The topological polar surface area (TPSA) is 24.5 Å². The number of benzene rings is 1. The van der Waals surface area contributed by atoms with Crippen LogP contribution in [0, 0.1) is 0 Å². The molecule has 2 aliphatic rings. The van der Waals surface area contributed by atoms with E-state index in [0.29, 0.717) is 6.04 Å². The molecule has 1 aromatic rings. The maximum Gasteiger partial charge on any atom is 0.123 e. The molecule has 2 fully saturated rings. The van der Waals surface area contributed by atoms with Crippen LogP contribution in [0.25, 0.3) is 0 Å². The minimum absolute atomic E-state index is 0.704. The van der Waals surface area contributed by atoms with E-state index in [-0.39, 0.29) is 0 Å². The van der Waals surface area contributed by atoms with Gasteiger partial charge in [-0.15, -0.1) is 0 Å². The van der Waals surface area contributed by atoms with E-state index in [9.17, 15) is 0 Å². The van der Waals surface area contributed by atoms with E-state index in [2.05, 4.69) is 41.5 Å². The standard InChI is InChI=1S/C18H28N2O/c1-20-12-5-4-7-17(20)11-13-21-18-8-3-2-6-15(18)14-19-16-9-10-16/h2-3,6,8,16-17,19H,4-5,7,9-14H2,1H3. The fourth-order valence-electron chi connectivity index (χ4n) is 3.15. The zero-order valence-electron chi connectivity index (χ0n) is 13.2. The Morgan fingerprint density at radius 3 is 2.86 bits per heavy atom. The van der Waals surface area contributed by atoms with Gasteiger partial charge in [-0.05, 0) is 51.8 Å². The quantitative estimate of drug-likeness (QED) is 0.834. The van der Waals surface area contributed by atoms with E-state index in [0.717, 1.165) is 31.4 Å². The number of piperidine rings is 1. The number of hydrogen-bond acceptors (Lipinski definition) is 3. The largest absolute Gasteiger partial charge is 0.493 e. The molecular formula is C18H28N2O. The van der Waals surface area contributed by atoms with E-state index < -0.39 is 0 Å². The molecule has 1 unspecified atom stereocenters. The third kappa shape index (κ3) is 4.45. The first-order valence-corrected chi connectivity index (χ1v) is 8.47. The lowest BCUT2D eigenvalue weighted by Gasteiger charge is -2.32. The second-order valence-corrected chi connectivity index (χ2v) is 6.53. The van der Waals surface area contributed by atoms with Crippen LogP contribution in [0.5, 0.6) is 5.75 Å². The van der Waals surface area contributed by atoms with Gasteiger partial charge >= 0.3 is 0 Å². The van der Waals surface area contributed by atoms with Gasteiger partial charge in [-0.1, -0.05) is 24.6 Å². The van der Waals surface area contributed by atoms with Crippen LogP contribution in [0.2, 0.25) is 0 Å². The highest BCUT2D eigenvalue weighted by Crippen LogP contribution is 2.23. The van der Waals surface area contributed by atoms with Crippen molar-refractivity contribution in [3.8, 4) is 5.75 Å². The summed E-state index contributed by atoms with van der Waals surface area (Å²) in [5, 5.41) is 3.57. The summed E-state index contributed by atoms with van der Waals surface area (Å²) in [4.78, 5) is 2.49. The SMILES string of the molecule is CN1CCCCC1CCOc1ccccc1CNC1CC1. The zero-order chi connectivity index (χ0) is 14.5. The van der Waals surface area contributed by atoms with Gasteiger partial charge in [0.1, 0.15) is 5.75 Å². The maximum absolute atomic E-state index is 6.07. The smallest absolute Gasteiger partial charge is 0.123 e. The summed E-state index contributed by atoms with van der Waals surface area (Å²) in [6.45, 7) is 3.01. The van der Waals surface area contributed by atoms with Crippen molar-refractivity contribution in [1.29, 1.82) is 0 Å². The van der Waals surface area contributed by atoms with Gasteiger partial charge in [-0.2, -0.15) is 0 Å². The third-order valence-electron chi connectivity index (χ3n) is 4.76. The summed E-state index contributed by atoms with van der Waals surface area (Å²) >= 11 is 0. The highest BCUT2D eigenvalue weighted by molar-refractivity contribution is 5.33. The van der Waals surface area contributed by atoms with E-state index in [1.165, 1.54) is 44.2 Å². The van der Waals surface area contributed by atoms with E-state index >= 15 is 0 Å². The molecule has 0 bridgehead atoms. The first-order chi connectivity index (χ1) is 10.3. The molecule has 116 valence electrons. The van der Waals surface area contributed by atoms with Crippen LogP contribution in [0.15, 0.2) is 24.3 Å². The Morgan fingerprint density at radius 2 is 2.05 bits per heavy atom. The Morgan fingerprint density at radius 1 is 1.19 bits per heavy atom. The Labute approximate surface area is 128 Å². The van der Waals surface area contributed by atoms with Gasteiger partial charge in [-0.25, -0.2) is 0 Å². The fourth-order valence-corrected chi connectivity index (χ4v) is 3.15. The molecule has 3 rings (SSSR count). The predicted octanol–water partition coefficient (Wildman–Crippen LogP) is 3.19. The van der Waals surface area contributed by atoms with Gasteiger partial charge in [0.25, 0.3) is 0 Å². The average Bonchev–Trinajstić information content (AvgIpc) is 3.32. The number of nitrogens with one attached hydrogen (secondary N) is 1. The summed E-state index contributed by atoms with van der Waals surface area (Å²) < 4.78 is 6.07. The molecular weight excluding hydrogens is 260 g/mol. The minimum atomic E-state index is 0.704. The summed E-state index contributed by atoms with van der Waals surface area (Å²) in [5.41, 5.74) is 1.29. The van der Waals surface area contributed by atoms with Crippen molar-refractivity contribution in [3.05, 3.63) is 29.8 Å². The maximum atomic E-state index is 6.07. The molecule has 1 saturated heterocycles. The lowest BCUT2D eigenvalue weighted by Crippen LogP contribution is -2.37. The van der Waals surface area contributed by atoms with Crippen LogP contribution in [0.1, 0.15) is 44.1 Å². The Kier molecular flexibility index (Phi) is 5.15. The number of hydrogen-bond donors (Lipinski definition) is 1. The van der Waals surface area contributed by atoms with Gasteiger partial charge < -0.3 is 15.0 Å². The minimum Gasteiger partial charge on any atom is -0.493 e. The Hall–Kier alpha value is -1.06. The second kappa shape index (κ2) is 7.28. The molecule has 1 saturated carbocycles. The van der Waals surface area contributed by atoms with E-state index in [1.807, 2.05) is 0 Å². The van der Waals surface area contributed by atoms with Gasteiger partial charge in [0.15, 0.2) is 0 Å². The Bertz CT molecular complexity index is 445. The molecule has 1 atom stereocenters. The molecule has 0 spiro atoms. The van der Waals surface area contributed by atoms with Crippen molar-refractivity contribution in [2.45, 2.75) is 57.2 Å². The van der Waals surface area contributed by atoms with Crippen LogP contribution < -0.4 is 10.1 Å². The summed E-state index contributed by atoms with van der Waals surface area (Å²) in [6, 6.07) is 9.91. The van der Waals surface area contributed by atoms with Crippen molar-refractivity contribution in [3.63, 3.8) is 0 Å². The number of likely N-dealkylation sites (tertiary alicyclic amines) is 1. The molecule has 3 heteroatoms. The lowest BCUT2D eigenvalue weighted by atomic mass is 10.0. The molecule has 1 aliphatic heterocycles. The summed E-state index contributed by atoms with van der Waals surface area (Å²) in [6.07, 6.45) is 7.85. The predicted molar refractivity (Wildman–Crippen MR) is 86.7 cm³/mol. The number of nitrogens with zero attached hydrogens (tertiary/aromatic N) is 1. The van der Waals surface area contributed by atoms with Crippen LogP contribution in [0.4, 0.5) is 0 Å². The molecule has 0 aromatic heterocycles. The summed E-state index contributed by atoms with van der Waals surface area (Å²) in [7, 11) is 2.25. The molecule has 1 aromatic carbocycles. The van der Waals surface area contributed by atoms with Crippen LogP contribution in [-0.4, -0.2) is 37.2 Å².